The fraction of sp³-hybridized carbons (Fsp3) is 0.357. The van der Waals surface area contributed by atoms with Crippen molar-refractivity contribution in [3.63, 3.8) is 0 Å². The van der Waals surface area contributed by atoms with Crippen molar-refractivity contribution in [1.82, 2.24) is 0 Å². The van der Waals surface area contributed by atoms with Crippen molar-refractivity contribution in [2.45, 2.75) is 6.42 Å². The Morgan fingerprint density at radius 1 is 1.28 bits per heavy atom. The first kappa shape index (κ1) is 12.3. The molecule has 0 aliphatic carbocycles. The number of benzene rings is 1. The van der Waals surface area contributed by atoms with Gasteiger partial charge in [0.25, 0.3) is 0 Å². The van der Waals surface area contributed by atoms with E-state index < -0.39 is 0 Å². The minimum atomic E-state index is 0.742. The first-order valence-electron chi connectivity index (χ1n) is 5.84. The molecule has 18 heavy (non-hydrogen) atoms. The van der Waals surface area contributed by atoms with E-state index in [-0.39, 0.29) is 0 Å². The normalized spacial score (nSPS) is 14.7. The van der Waals surface area contributed by atoms with E-state index in [0.29, 0.717) is 0 Å². The molecule has 0 saturated carbocycles. The summed E-state index contributed by atoms with van der Waals surface area (Å²) in [6.45, 7) is 1.58. The van der Waals surface area contributed by atoms with Gasteiger partial charge < -0.3 is 14.4 Å². The average molecular weight is 244 g/mol. The number of methoxy groups -OCH3 is 2. The van der Waals surface area contributed by atoms with Gasteiger partial charge in [0, 0.05) is 24.7 Å². The van der Waals surface area contributed by atoms with Crippen molar-refractivity contribution in [3.05, 3.63) is 29.8 Å². The number of nitrogens with zero attached hydrogens (tertiary/aromatic N) is 2. The molecule has 2 rings (SSSR count). The number of anilines is 1. The standard InChI is InChI=1S/C14H16N2O2/c1-17-12-3-4-13(14(9-12)18-2)16-7-5-11(10-15)6-8-16/h3-5,9H,6-8H2,1-2H3. The van der Waals surface area contributed by atoms with Crippen LogP contribution < -0.4 is 14.4 Å². The molecule has 0 fully saturated rings. The van der Waals surface area contributed by atoms with Crippen LogP contribution in [0.15, 0.2) is 29.8 Å². The summed E-state index contributed by atoms with van der Waals surface area (Å²) in [5.41, 5.74) is 1.89. The molecule has 0 unspecified atom stereocenters. The molecule has 0 spiro atoms. The third kappa shape index (κ3) is 2.40. The van der Waals surface area contributed by atoms with Crippen LogP contribution >= 0.6 is 0 Å². The molecule has 0 atom stereocenters. The summed E-state index contributed by atoms with van der Waals surface area (Å²) in [7, 11) is 3.29. The zero-order valence-electron chi connectivity index (χ0n) is 10.6. The van der Waals surface area contributed by atoms with E-state index in [2.05, 4.69) is 11.0 Å². The van der Waals surface area contributed by atoms with Gasteiger partial charge in [0.1, 0.15) is 11.5 Å². The highest BCUT2D eigenvalue weighted by Crippen LogP contribution is 2.33. The monoisotopic (exact) mass is 244 g/mol. The first-order valence-corrected chi connectivity index (χ1v) is 5.84. The molecule has 0 amide bonds. The van der Waals surface area contributed by atoms with Crippen molar-refractivity contribution in [1.29, 1.82) is 5.26 Å². The molecule has 0 saturated heterocycles. The van der Waals surface area contributed by atoms with Crippen molar-refractivity contribution in [3.8, 4) is 17.6 Å². The average Bonchev–Trinajstić information content (AvgIpc) is 2.46. The molecular weight excluding hydrogens is 228 g/mol. The van der Waals surface area contributed by atoms with Gasteiger partial charge in [-0.25, -0.2) is 0 Å². The fourth-order valence-corrected chi connectivity index (χ4v) is 2.04. The highest BCUT2D eigenvalue weighted by atomic mass is 16.5. The minimum absolute atomic E-state index is 0.742. The molecule has 1 heterocycles. The first-order chi connectivity index (χ1) is 8.78. The van der Waals surface area contributed by atoms with Gasteiger partial charge in [-0.3, -0.25) is 0 Å². The van der Waals surface area contributed by atoms with Gasteiger partial charge in [0.2, 0.25) is 0 Å². The molecule has 94 valence electrons. The quantitative estimate of drug-likeness (QED) is 0.818. The second kappa shape index (κ2) is 5.46. The Labute approximate surface area is 107 Å². The van der Waals surface area contributed by atoms with Crippen LogP contribution in [0.2, 0.25) is 0 Å². The zero-order chi connectivity index (χ0) is 13.0. The second-order valence-electron chi connectivity index (χ2n) is 4.07. The number of hydrogen-bond acceptors (Lipinski definition) is 4. The van der Waals surface area contributed by atoms with E-state index >= 15 is 0 Å². The van der Waals surface area contributed by atoms with E-state index in [4.69, 9.17) is 14.7 Å². The van der Waals surface area contributed by atoms with Gasteiger partial charge >= 0.3 is 0 Å². The molecule has 0 aromatic heterocycles. The van der Waals surface area contributed by atoms with Gasteiger partial charge in [-0.1, -0.05) is 6.08 Å². The third-order valence-electron chi connectivity index (χ3n) is 3.08. The minimum Gasteiger partial charge on any atom is -0.497 e. The van der Waals surface area contributed by atoms with Gasteiger partial charge in [-0.15, -0.1) is 0 Å². The van der Waals surface area contributed by atoms with Crippen molar-refractivity contribution in [2.24, 2.45) is 0 Å². The highest BCUT2D eigenvalue weighted by molar-refractivity contribution is 5.62. The van der Waals surface area contributed by atoms with Crippen LogP contribution in [0.5, 0.6) is 11.5 Å². The summed E-state index contributed by atoms with van der Waals surface area (Å²) in [5, 5.41) is 8.84. The molecule has 1 aromatic carbocycles. The molecule has 0 N–H and O–H groups in total. The summed E-state index contributed by atoms with van der Waals surface area (Å²) >= 11 is 0. The Bertz CT molecular complexity index is 503. The summed E-state index contributed by atoms with van der Waals surface area (Å²) < 4.78 is 10.6. The van der Waals surface area contributed by atoms with Crippen LogP contribution in [-0.4, -0.2) is 27.3 Å². The van der Waals surface area contributed by atoms with E-state index in [1.807, 2.05) is 24.3 Å². The van der Waals surface area contributed by atoms with Gasteiger partial charge in [0.15, 0.2) is 0 Å². The SMILES string of the molecule is COc1ccc(N2CC=C(C#N)CC2)c(OC)c1. The maximum Gasteiger partial charge on any atom is 0.145 e. The lowest BCUT2D eigenvalue weighted by Gasteiger charge is -2.28. The summed E-state index contributed by atoms with van der Waals surface area (Å²) in [4.78, 5) is 2.19. The molecule has 0 bridgehead atoms. The fourth-order valence-electron chi connectivity index (χ4n) is 2.04. The third-order valence-corrected chi connectivity index (χ3v) is 3.08. The number of rotatable bonds is 3. The van der Waals surface area contributed by atoms with E-state index in [9.17, 15) is 0 Å². The molecular formula is C14H16N2O2. The van der Waals surface area contributed by atoms with E-state index in [1.54, 1.807) is 14.2 Å². The van der Waals surface area contributed by atoms with Crippen LogP contribution in [-0.2, 0) is 0 Å². The van der Waals surface area contributed by atoms with E-state index in [1.165, 1.54) is 0 Å². The maximum atomic E-state index is 8.84. The Kier molecular flexibility index (Phi) is 3.73. The lowest BCUT2D eigenvalue weighted by Crippen LogP contribution is -2.28. The smallest absolute Gasteiger partial charge is 0.145 e. The van der Waals surface area contributed by atoms with Gasteiger partial charge in [-0.2, -0.15) is 5.26 Å². The molecule has 1 aliphatic heterocycles. The topological polar surface area (TPSA) is 45.5 Å². The molecule has 1 aromatic rings. The van der Waals surface area contributed by atoms with E-state index in [0.717, 1.165) is 42.3 Å². The van der Waals surface area contributed by atoms with Gasteiger partial charge in [-0.05, 0) is 18.6 Å². The summed E-state index contributed by atoms with van der Waals surface area (Å²) in [6.07, 6.45) is 2.75. The predicted octanol–water partition coefficient (Wildman–Crippen LogP) is 2.36. The Hall–Kier alpha value is -2.15. The van der Waals surface area contributed by atoms with Crippen molar-refractivity contribution in [2.75, 3.05) is 32.2 Å². The number of hydrogen-bond donors (Lipinski definition) is 0. The molecule has 0 radical (unpaired) electrons. The maximum absolute atomic E-state index is 8.84. The summed E-state index contributed by atoms with van der Waals surface area (Å²) in [5.74, 6) is 1.57. The Balaban J connectivity index is 2.24. The molecule has 1 aliphatic rings. The lowest BCUT2D eigenvalue weighted by molar-refractivity contribution is 0.394. The zero-order valence-corrected chi connectivity index (χ0v) is 10.6. The largest absolute Gasteiger partial charge is 0.497 e. The Morgan fingerprint density at radius 3 is 2.67 bits per heavy atom. The predicted molar refractivity (Wildman–Crippen MR) is 70.1 cm³/mol. The van der Waals surface area contributed by atoms with Crippen LogP contribution in [0, 0.1) is 11.3 Å². The number of ether oxygens (including phenoxy) is 2. The molecule has 4 heteroatoms. The number of nitriles is 1. The highest BCUT2D eigenvalue weighted by Gasteiger charge is 2.16. The Morgan fingerprint density at radius 2 is 2.11 bits per heavy atom. The van der Waals surface area contributed by atoms with Crippen molar-refractivity contribution >= 4 is 5.69 Å². The van der Waals surface area contributed by atoms with Gasteiger partial charge in [0.05, 0.1) is 26.0 Å². The van der Waals surface area contributed by atoms with Crippen LogP contribution in [0.4, 0.5) is 5.69 Å². The second-order valence-corrected chi connectivity index (χ2v) is 4.07. The lowest BCUT2D eigenvalue weighted by atomic mass is 10.1. The van der Waals surface area contributed by atoms with Crippen LogP contribution in [0.25, 0.3) is 0 Å². The van der Waals surface area contributed by atoms with Crippen LogP contribution in [0.3, 0.4) is 0 Å². The molecule has 4 nitrogen and oxygen atoms in total. The van der Waals surface area contributed by atoms with Crippen molar-refractivity contribution < 1.29 is 9.47 Å². The van der Waals surface area contributed by atoms with Crippen LogP contribution in [0.1, 0.15) is 6.42 Å². The summed E-state index contributed by atoms with van der Waals surface area (Å²) in [6, 6.07) is 7.99.